The molecule has 3 rings (SSSR count). The highest BCUT2D eigenvalue weighted by Gasteiger charge is 2.17. The molecule has 0 aliphatic carbocycles. The maximum Gasteiger partial charge on any atom is 0.0489 e. The van der Waals surface area contributed by atoms with Crippen molar-refractivity contribution in [1.82, 2.24) is 14.8 Å². The Kier molecular flexibility index (Phi) is 4.29. The van der Waals surface area contributed by atoms with Gasteiger partial charge in [0.1, 0.15) is 0 Å². The van der Waals surface area contributed by atoms with Crippen LogP contribution in [0.4, 0.5) is 0 Å². The summed E-state index contributed by atoms with van der Waals surface area (Å²) in [5, 5.41) is 4.78. The van der Waals surface area contributed by atoms with Crippen LogP contribution in [0.3, 0.4) is 0 Å². The van der Waals surface area contributed by atoms with E-state index in [9.17, 15) is 0 Å². The number of fused-ring (bicyclic) bond motifs is 1. The molecule has 1 saturated heterocycles. The predicted octanol–water partition coefficient (Wildman–Crippen LogP) is 2.09. The Morgan fingerprint density at radius 1 is 1.19 bits per heavy atom. The smallest absolute Gasteiger partial charge is 0.0489 e. The average Bonchev–Trinajstić information content (AvgIpc) is 2.87. The van der Waals surface area contributed by atoms with Crippen molar-refractivity contribution in [2.75, 3.05) is 26.2 Å². The van der Waals surface area contributed by atoms with Gasteiger partial charge >= 0.3 is 0 Å². The fourth-order valence-corrected chi connectivity index (χ4v) is 3.30. The van der Waals surface area contributed by atoms with Crippen LogP contribution in [-0.2, 0) is 13.1 Å². The number of nitrogens with two attached hydrogens (primary N) is 1. The van der Waals surface area contributed by atoms with Crippen molar-refractivity contribution in [3.8, 4) is 0 Å². The summed E-state index contributed by atoms with van der Waals surface area (Å²) in [6.07, 6.45) is 2.33. The Morgan fingerprint density at radius 2 is 1.95 bits per heavy atom. The normalized spacial score (nSPS) is 17.0. The van der Waals surface area contributed by atoms with Crippen LogP contribution in [0.25, 0.3) is 10.9 Å². The van der Waals surface area contributed by atoms with Crippen molar-refractivity contribution in [2.45, 2.75) is 33.0 Å². The van der Waals surface area contributed by atoms with E-state index in [1.165, 1.54) is 22.0 Å². The molecule has 2 aromatic rings. The SMILES string of the molecule is CC(C)n1cc(CN2CCNCC2)c2c(CN)cccc21. The van der Waals surface area contributed by atoms with Gasteiger partial charge in [0.2, 0.25) is 0 Å². The van der Waals surface area contributed by atoms with Crippen LogP contribution in [0.15, 0.2) is 24.4 Å². The van der Waals surface area contributed by atoms with Crippen LogP contribution < -0.4 is 11.1 Å². The van der Waals surface area contributed by atoms with Crippen molar-refractivity contribution in [2.24, 2.45) is 5.73 Å². The molecule has 4 heteroatoms. The Morgan fingerprint density at radius 3 is 2.62 bits per heavy atom. The van der Waals surface area contributed by atoms with Crippen molar-refractivity contribution in [1.29, 1.82) is 0 Å². The summed E-state index contributed by atoms with van der Waals surface area (Å²) in [7, 11) is 0. The van der Waals surface area contributed by atoms with Gasteiger partial charge in [-0.05, 0) is 31.0 Å². The van der Waals surface area contributed by atoms with E-state index in [1.807, 2.05) is 0 Å². The number of piperazine rings is 1. The largest absolute Gasteiger partial charge is 0.345 e. The molecule has 0 amide bonds. The van der Waals surface area contributed by atoms with Gasteiger partial charge in [0.25, 0.3) is 0 Å². The lowest BCUT2D eigenvalue weighted by molar-refractivity contribution is 0.234. The fraction of sp³-hybridized carbons (Fsp3) is 0.529. The van der Waals surface area contributed by atoms with Gasteiger partial charge in [-0.3, -0.25) is 4.90 Å². The summed E-state index contributed by atoms with van der Waals surface area (Å²) >= 11 is 0. The van der Waals surface area contributed by atoms with E-state index in [0.29, 0.717) is 12.6 Å². The molecule has 0 spiro atoms. The number of nitrogens with zero attached hydrogens (tertiary/aromatic N) is 2. The molecule has 114 valence electrons. The number of hydrogen-bond donors (Lipinski definition) is 2. The maximum absolute atomic E-state index is 5.97. The summed E-state index contributed by atoms with van der Waals surface area (Å²) in [4.78, 5) is 2.53. The summed E-state index contributed by atoms with van der Waals surface area (Å²) in [6, 6.07) is 6.97. The molecule has 2 heterocycles. The summed E-state index contributed by atoms with van der Waals surface area (Å²) in [6.45, 7) is 10.5. The van der Waals surface area contributed by atoms with Crippen molar-refractivity contribution < 1.29 is 0 Å². The molecule has 0 atom stereocenters. The van der Waals surface area contributed by atoms with Gasteiger partial charge in [0.15, 0.2) is 0 Å². The third kappa shape index (κ3) is 2.84. The third-order valence-corrected chi connectivity index (χ3v) is 4.40. The Balaban J connectivity index is 2.03. The molecule has 21 heavy (non-hydrogen) atoms. The molecule has 0 saturated carbocycles. The zero-order chi connectivity index (χ0) is 14.8. The van der Waals surface area contributed by atoms with E-state index >= 15 is 0 Å². The lowest BCUT2D eigenvalue weighted by Gasteiger charge is -2.27. The second-order valence-electron chi connectivity index (χ2n) is 6.20. The lowest BCUT2D eigenvalue weighted by atomic mass is 10.1. The minimum Gasteiger partial charge on any atom is -0.345 e. The first-order chi connectivity index (χ1) is 10.2. The van der Waals surface area contributed by atoms with E-state index in [-0.39, 0.29) is 0 Å². The maximum atomic E-state index is 5.97. The molecule has 1 fully saturated rings. The zero-order valence-corrected chi connectivity index (χ0v) is 13.1. The molecule has 1 aromatic heterocycles. The van der Waals surface area contributed by atoms with Crippen molar-refractivity contribution in [3.05, 3.63) is 35.5 Å². The van der Waals surface area contributed by atoms with Crippen LogP contribution in [0.5, 0.6) is 0 Å². The van der Waals surface area contributed by atoms with Crippen LogP contribution in [0.1, 0.15) is 31.0 Å². The van der Waals surface area contributed by atoms with Gasteiger partial charge in [-0.1, -0.05) is 12.1 Å². The predicted molar refractivity (Wildman–Crippen MR) is 88.4 cm³/mol. The second-order valence-corrected chi connectivity index (χ2v) is 6.20. The topological polar surface area (TPSA) is 46.2 Å². The highest BCUT2D eigenvalue weighted by Crippen LogP contribution is 2.28. The van der Waals surface area contributed by atoms with Crippen molar-refractivity contribution in [3.63, 3.8) is 0 Å². The van der Waals surface area contributed by atoms with Gasteiger partial charge < -0.3 is 15.6 Å². The number of benzene rings is 1. The van der Waals surface area contributed by atoms with E-state index in [1.54, 1.807) is 0 Å². The Hall–Kier alpha value is -1.36. The highest BCUT2D eigenvalue weighted by molar-refractivity contribution is 5.87. The summed E-state index contributed by atoms with van der Waals surface area (Å²) in [5.41, 5.74) is 9.97. The standard InChI is InChI=1S/C17H26N4/c1-13(2)21-12-15(11-20-8-6-19-7-9-20)17-14(10-18)4-3-5-16(17)21/h3-5,12-13,19H,6-11,18H2,1-2H3. The highest BCUT2D eigenvalue weighted by atomic mass is 15.2. The van der Waals surface area contributed by atoms with Crippen LogP contribution in [0.2, 0.25) is 0 Å². The molecule has 4 nitrogen and oxygen atoms in total. The first kappa shape index (κ1) is 14.6. The van der Waals surface area contributed by atoms with Crippen LogP contribution in [-0.4, -0.2) is 35.6 Å². The third-order valence-electron chi connectivity index (χ3n) is 4.40. The minimum absolute atomic E-state index is 0.470. The molecule has 1 aromatic carbocycles. The fourth-order valence-electron chi connectivity index (χ4n) is 3.30. The molecule has 0 radical (unpaired) electrons. The summed E-state index contributed by atoms with van der Waals surface area (Å²) < 4.78 is 2.38. The van der Waals surface area contributed by atoms with Gasteiger partial charge in [-0.15, -0.1) is 0 Å². The summed E-state index contributed by atoms with van der Waals surface area (Å²) in [5.74, 6) is 0. The molecule has 1 aliphatic rings. The number of rotatable bonds is 4. The van der Waals surface area contributed by atoms with E-state index in [0.717, 1.165) is 32.7 Å². The molecule has 0 bridgehead atoms. The first-order valence-electron chi connectivity index (χ1n) is 7.95. The van der Waals surface area contributed by atoms with Gasteiger partial charge in [0, 0.05) is 62.4 Å². The molecule has 1 aliphatic heterocycles. The second kappa shape index (κ2) is 6.18. The Labute approximate surface area is 126 Å². The molecular formula is C17H26N4. The molecule has 0 unspecified atom stereocenters. The van der Waals surface area contributed by atoms with Gasteiger partial charge in [-0.2, -0.15) is 0 Å². The van der Waals surface area contributed by atoms with Crippen molar-refractivity contribution >= 4 is 10.9 Å². The van der Waals surface area contributed by atoms with Crippen LogP contribution >= 0.6 is 0 Å². The van der Waals surface area contributed by atoms with Gasteiger partial charge in [0.05, 0.1) is 0 Å². The van der Waals surface area contributed by atoms with Crippen LogP contribution in [0, 0.1) is 0 Å². The number of nitrogens with one attached hydrogen (secondary N) is 1. The van der Waals surface area contributed by atoms with E-state index in [2.05, 4.69) is 53.0 Å². The zero-order valence-electron chi connectivity index (χ0n) is 13.1. The number of hydrogen-bond acceptors (Lipinski definition) is 3. The van der Waals surface area contributed by atoms with E-state index < -0.39 is 0 Å². The molecular weight excluding hydrogens is 260 g/mol. The molecule has 3 N–H and O–H groups in total. The quantitative estimate of drug-likeness (QED) is 0.904. The monoisotopic (exact) mass is 286 g/mol. The lowest BCUT2D eigenvalue weighted by Crippen LogP contribution is -2.42. The minimum atomic E-state index is 0.470. The van der Waals surface area contributed by atoms with E-state index in [4.69, 9.17) is 5.73 Å². The van der Waals surface area contributed by atoms with Gasteiger partial charge in [-0.25, -0.2) is 0 Å². The first-order valence-corrected chi connectivity index (χ1v) is 7.95. The number of aromatic nitrogens is 1. The Bertz CT molecular complexity index is 609. The average molecular weight is 286 g/mol.